The number of hydrogen-bond acceptors (Lipinski definition) is 2. The molecule has 184 valence electrons. The van der Waals surface area contributed by atoms with Crippen molar-refractivity contribution in [2.24, 2.45) is 0 Å². The quantitative estimate of drug-likeness (QED) is 0.241. The highest BCUT2D eigenvalue weighted by Crippen LogP contribution is 2.32. The van der Waals surface area contributed by atoms with E-state index >= 15 is 0 Å². The zero-order chi connectivity index (χ0) is 26.2. The van der Waals surface area contributed by atoms with Crippen LogP contribution in [-0.2, 0) is 0 Å². The third kappa shape index (κ3) is 4.58. The smallest absolute Gasteiger partial charge is 0.126 e. The van der Waals surface area contributed by atoms with Gasteiger partial charge in [0.2, 0.25) is 0 Å². The van der Waals surface area contributed by atoms with Gasteiger partial charge in [-0.05, 0) is 81.1 Å². The van der Waals surface area contributed by atoms with Crippen LogP contribution in [0.1, 0.15) is 5.82 Å². The van der Waals surface area contributed by atoms with Gasteiger partial charge in [0.25, 0.3) is 0 Å². The molecule has 7 rings (SSSR count). The normalized spacial score (nSPS) is 11.2. The third-order valence-electron chi connectivity index (χ3n) is 7.32. The summed E-state index contributed by atoms with van der Waals surface area (Å²) in [6.07, 6.45) is 0. The van der Waals surface area contributed by atoms with Gasteiger partial charge in [-0.1, -0.05) is 109 Å². The van der Waals surface area contributed by atoms with Gasteiger partial charge < -0.3 is 0 Å². The second-order valence-electron chi connectivity index (χ2n) is 9.97. The molecule has 0 aliphatic heterocycles. The fourth-order valence-electron chi connectivity index (χ4n) is 5.32. The minimum atomic E-state index is 0.759. The lowest BCUT2D eigenvalue weighted by molar-refractivity contribution is 1.06. The number of aromatic nitrogens is 2. The molecule has 7 aromatic rings. The SMILES string of the molecule is Cc1nc(-c2cccc(-c3ccc4ccccc4c3)c2)cc(-c2cccc(-c3ccc4ccccc4c3)c2)n1. The summed E-state index contributed by atoms with van der Waals surface area (Å²) in [5.41, 5.74) is 8.77. The molecule has 0 unspecified atom stereocenters. The van der Waals surface area contributed by atoms with Gasteiger partial charge >= 0.3 is 0 Å². The van der Waals surface area contributed by atoms with E-state index in [2.05, 4.69) is 140 Å². The minimum Gasteiger partial charge on any atom is -0.233 e. The predicted molar refractivity (Wildman–Crippen MR) is 164 cm³/mol. The molecule has 0 spiro atoms. The van der Waals surface area contributed by atoms with E-state index in [4.69, 9.17) is 9.97 Å². The van der Waals surface area contributed by atoms with Crippen LogP contribution in [0.4, 0.5) is 0 Å². The molecule has 0 N–H and O–H groups in total. The lowest BCUT2D eigenvalue weighted by Gasteiger charge is -2.11. The van der Waals surface area contributed by atoms with E-state index < -0.39 is 0 Å². The Morgan fingerprint density at radius 3 is 1.23 bits per heavy atom. The Bertz CT molecular complexity index is 1850. The molecule has 0 fully saturated rings. The summed E-state index contributed by atoms with van der Waals surface area (Å²) in [6, 6.07) is 49.6. The first-order chi connectivity index (χ1) is 19.2. The lowest BCUT2D eigenvalue weighted by Crippen LogP contribution is -1.95. The van der Waals surface area contributed by atoms with Gasteiger partial charge in [0.05, 0.1) is 11.4 Å². The van der Waals surface area contributed by atoms with Crippen LogP contribution < -0.4 is 0 Å². The summed E-state index contributed by atoms with van der Waals surface area (Å²) >= 11 is 0. The van der Waals surface area contributed by atoms with Crippen molar-refractivity contribution >= 4 is 21.5 Å². The average Bonchev–Trinajstić information content (AvgIpc) is 3.00. The summed E-state index contributed by atoms with van der Waals surface area (Å²) in [5.74, 6) is 0.759. The van der Waals surface area contributed by atoms with Crippen molar-refractivity contribution in [3.8, 4) is 44.8 Å². The third-order valence-corrected chi connectivity index (χ3v) is 7.32. The van der Waals surface area contributed by atoms with Gasteiger partial charge in [-0.25, -0.2) is 9.97 Å². The van der Waals surface area contributed by atoms with E-state index in [9.17, 15) is 0 Å². The van der Waals surface area contributed by atoms with Gasteiger partial charge in [0.15, 0.2) is 0 Å². The molecule has 0 bridgehead atoms. The first-order valence-electron chi connectivity index (χ1n) is 13.2. The highest BCUT2D eigenvalue weighted by atomic mass is 14.9. The lowest BCUT2D eigenvalue weighted by atomic mass is 9.97. The molecular weight excluding hydrogens is 472 g/mol. The van der Waals surface area contributed by atoms with Gasteiger partial charge in [0.1, 0.15) is 5.82 Å². The Balaban J connectivity index is 1.26. The fraction of sp³-hybridized carbons (Fsp3) is 0.0270. The molecule has 0 saturated carbocycles. The van der Waals surface area contributed by atoms with Crippen molar-refractivity contribution in [2.75, 3.05) is 0 Å². The molecule has 2 heteroatoms. The second kappa shape index (κ2) is 9.66. The minimum absolute atomic E-state index is 0.759. The number of hydrogen-bond donors (Lipinski definition) is 0. The van der Waals surface area contributed by atoms with Crippen molar-refractivity contribution in [3.05, 3.63) is 145 Å². The number of nitrogens with zero attached hydrogens (tertiary/aromatic N) is 2. The number of benzene rings is 6. The zero-order valence-electron chi connectivity index (χ0n) is 21.7. The zero-order valence-corrected chi connectivity index (χ0v) is 21.7. The van der Waals surface area contributed by atoms with Crippen LogP contribution in [0, 0.1) is 6.92 Å². The van der Waals surface area contributed by atoms with E-state index in [1.54, 1.807) is 0 Å². The van der Waals surface area contributed by atoms with Crippen LogP contribution >= 0.6 is 0 Å². The molecular formula is C37H26N2. The first-order valence-corrected chi connectivity index (χ1v) is 13.2. The van der Waals surface area contributed by atoms with Crippen LogP contribution in [0.5, 0.6) is 0 Å². The second-order valence-corrected chi connectivity index (χ2v) is 9.97. The van der Waals surface area contributed by atoms with Crippen molar-refractivity contribution in [1.82, 2.24) is 9.97 Å². The number of aryl methyl sites for hydroxylation is 1. The molecule has 2 nitrogen and oxygen atoms in total. The van der Waals surface area contributed by atoms with Crippen molar-refractivity contribution in [2.45, 2.75) is 6.92 Å². The molecule has 6 aromatic carbocycles. The van der Waals surface area contributed by atoms with E-state index in [1.165, 1.54) is 43.8 Å². The van der Waals surface area contributed by atoms with Crippen molar-refractivity contribution in [3.63, 3.8) is 0 Å². The molecule has 0 aliphatic carbocycles. The van der Waals surface area contributed by atoms with Crippen LogP contribution in [0.3, 0.4) is 0 Å². The molecule has 0 aliphatic rings. The molecule has 0 saturated heterocycles. The van der Waals surface area contributed by atoms with E-state index in [-0.39, 0.29) is 0 Å². The Kier molecular flexibility index (Phi) is 5.71. The largest absolute Gasteiger partial charge is 0.233 e. The summed E-state index contributed by atoms with van der Waals surface area (Å²) in [6.45, 7) is 1.97. The standard InChI is InChI=1S/C37H26N2/c1-25-38-36(34-14-6-12-30(22-34)32-18-16-26-8-2-4-10-28(26)20-32)24-37(39-25)35-15-7-13-31(23-35)33-19-17-27-9-3-5-11-29(27)21-33/h2-24H,1H3. The van der Waals surface area contributed by atoms with Crippen LogP contribution in [0.2, 0.25) is 0 Å². The summed E-state index contributed by atoms with van der Waals surface area (Å²) in [4.78, 5) is 9.64. The summed E-state index contributed by atoms with van der Waals surface area (Å²) < 4.78 is 0. The van der Waals surface area contributed by atoms with E-state index in [0.717, 1.165) is 28.3 Å². The molecule has 39 heavy (non-hydrogen) atoms. The Morgan fingerprint density at radius 1 is 0.333 bits per heavy atom. The molecule has 0 radical (unpaired) electrons. The van der Waals surface area contributed by atoms with Crippen LogP contribution in [0.15, 0.2) is 140 Å². The number of fused-ring (bicyclic) bond motifs is 2. The maximum atomic E-state index is 4.82. The van der Waals surface area contributed by atoms with Crippen LogP contribution in [0.25, 0.3) is 66.3 Å². The van der Waals surface area contributed by atoms with Crippen LogP contribution in [-0.4, -0.2) is 9.97 Å². The highest BCUT2D eigenvalue weighted by molar-refractivity contribution is 5.89. The average molecular weight is 499 g/mol. The summed E-state index contributed by atoms with van der Waals surface area (Å²) in [5, 5.41) is 4.98. The molecule has 0 amide bonds. The van der Waals surface area contributed by atoms with Gasteiger partial charge in [-0.15, -0.1) is 0 Å². The maximum Gasteiger partial charge on any atom is 0.126 e. The van der Waals surface area contributed by atoms with E-state index in [1.807, 2.05) is 6.92 Å². The monoisotopic (exact) mass is 498 g/mol. The van der Waals surface area contributed by atoms with E-state index in [0.29, 0.717) is 0 Å². The highest BCUT2D eigenvalue weighted by Gasteiger charge is 2.10. The molecule has 1 heterocycles. The van der Waals surface area contributed by atoms with Gasteiger partial charge in [-0.3, -0.25) is 0 Å². The molecule has 0 atom stereocenters. The Morgan fingerprint density at radius 2 is 0.744 bits per heavy atom. The fourth-order valence-corrected chi connectivity index (χ4v) is 5.32. The first kappa shape index (κ1) is 23.1. The predicted octanol–water partition coefficient (Wildman–Crippen LogP) is 9.76. The maximum absolute atomic E-state index is 4.82. The van der Waals surface area contributed by atoms with Crippen molar-refractivity contribution in [1.29, 1.82) is 0 Å². The van der Waals surface area contributed by atoms with Gasteiger partial charge in [-0.2, -0.15) is 0 Å². The Labute approximate surface area is 228 Å². The topological polar surface area (TPSA) is 25.8 Å². The van der Waals surface area contributed by atoms with Gasteiger partial charge in [0, 0.05) is 11.1 Å². The summed E-state index contributed by atoms with van der Waals surface area (Å²) in [7, 11) is 0. The van der Waals surface area contributed by atoms with Crippen molar-refractivity contribution < 1.29 is 0 Å². The number of rotatable bonds is 4. The Hall–Kier alpha value is -5.08. The molecule has 1 aromatic heterocycles.